The Bertz CT molecular complexity index is 529. The standard InChI is InChI=1S/C16H29N5O2S/c1-5-6-17-14(22)13(4)24-16-19-18-15(21(16)11-12(2)3)20-7-9-23-10-8-20/h12-13H,5-11H2,1-4H3,(H,17,22). The Hall–Kier alpha value is -1.28. The zero-order valence-corrected chi connectivity index (χ0v) is 15.9. The van der Waals surface area contributed by atoms with E-state index in [9.17, 15) is 4.79 Å². The van der Waals surface area contributed by atoms with Crippen molar-refractivity contribution in [3.63, 3.8) is 0 Å². The number of thioether (sulfide) groups is 1. The van der Waals surface area contributed by atoms with Crippen molar-refractivity contribution in [2.45, 2.75) is 51.1 Å². The summed E-state index contributed by atoms with van der Waals surface area (Å²) in [7, 11) is 0. The monoisotopic (exact) mass is 355 g/mol. The van der Waals surface area contributed by atoms with Crippen LogP contribution in [0.3, 0.4) is 0 Å². The number of nitrogens with one attached hydrogen (secondary N) is 1. The molecule has 1 aromatic rings. The van der Waals surface area contributed by atoms with E-state index in [2.05, 4.69) is 38.8 Å². The molecule has 2 rings (SSSR count). The number of rotatable bonds is 8. The predicted octanol–water partition coefficient (Wildman–Crippen LogP) is 1.78. The molecule has 0 aliphatic carbocycles. The second-order valence-electron chi connectivity index (χ2n) is 6.44. The summed E-state index contributed by atoms with van der Waals surface area (Å²) in [6.45, 7) is 12.9. The molecule has 1 amide bonds. The Morgan fingerprint density at radius 1 is 1.29 bits per heavy atom. The highest BCUT2D eigenvalue weighted by Gasteiger charge is 2.24. The maximum Gasteiger partial charge on any atom is 0.233 e. The average molecular weight is 356 g/mol. The fraction of sp³-hybridized carbons (Fsp3) is 0.812. The molecule has 1 aliphatic heterocycles. The first-order valence-corrected chi connectivity index (χ1v) is 9.61. The van der Waals surface area contributed by atoms with Gasteiger partial charge in [-0.2, -0.15) is 0 Å². The SMILES string of the molecule is CCCNC(=O)C(C)Sc1nnc(N2CCOCC2)n1CC(C)C. The van der Waals surface area contributed by atoms with Crippen LogP contribution in [0.2, 0.25) is 0 Å². The Balaban J connectivity index is 2.13. The number of anilines is 1. The van der Waals surface area contributed by atoms with E-state index in [-0.39, 0.29) is 11.2 Å². The third-order valence-electron chi connectivity index (χ3n) is 3.74. The van der Waals surface area contributed by atoms with Crippen LogP contribution in [0.4, 0.5) is 5.95 Å². The third-order valence-corrected chi connectivity index (χ3v) is 4.82. The average Bonchev–Trinajstić information content (AvgIpc) is 2.95. The van der Waals surface area contributed by atoms with Crippen molar-refractivity contribution in [2.24, 2.45) is 5.92 Å². The van der Waals surface area contributed by atoms with Crippen molar-refractivity contribution in [1.29, 1.82) is 0 Å². The van der Waals surface area contributed by atoms with E-state index >= 15 is 0 Å². The van der Waals surface area contributed by atoms with E-state index < -0.39 is 0 Å². The topological polar surface area (TPSA) is 72.3 Å². The van der Waals surface area contributed by atoms with Gasteiger partial charge in [0, 0.05) is 26.2 Å². The van der Waals surface area contributed by atoms with Crippen LogP contribution in [0.15, 0.2) is 5.16 Å². The summed E-state index contributed by atoms with van der Waals surface area (Å²) in [4.78, 5) is 14.3. The van der Waals surface area contributed by atoms with Gasteiger partial charge in [-0.3, -0.25) is 9.36 Å². The lowest BCUT2D eigenvalue weighted by atomic mass is 10.2. The van der Waals surface area contributed by atoms with Crippen LogP contribution in [0.25, 0.3) is 0 Å². The number of hydrogen-bond acceptors (Lipinski definition) is 6. The molecule has 0 bridgehead atoms. The quantitative estimate of drug-likeness (QED) is 0.717. The Morgan fingerprint density at radius 3 is 2.62 bits per heavy atom. The Kier molecular flexibility index (Phi) is 7.36. The Morgan fingerprint density at radius 2 is 2.00 bits per heavy atom. The number of hydrogen-bond donors (Lipinski definition) is 1. The number of morpholine rings is 1. The summed E-state index contributed by atoms with van der Waals surface area (Å²) in [5.41, 5.74) is 0. The van der Waals surface area contributed by atoms with Gasteiger partial charge >= 0.3 is 0 Å². The molecule has 2 heterocycles. The first-order chi connectivity index (χ1) is 11.5. The van der Waals surface area contributed by atoms with Gasteiger partial charge in [-0.25, -0.2) is 0 Å². The van der Waals surface area contributed by atoms with E-state index in [1.165, 1.54) is 11.8 Å². The minimum absolute atomic E-state index is 0.0499. The highest BCUT2D eigenvalue weighted by molar-refractivity contribution is 8.00. The van der Waals surface area contributed by atoms with Gasteiger partial charge < -0.3 is 15.0 Å². The van der Waals surface area contributed by atoms with Gasteiger partial charge in [0.25, 0.3) is 0 Å². The van der Waals surface area contributed by atoms with Gasteiger partial charge in [-0.15, -0.1) is 10.2 Å². The highest BCUT2D eigenvalue weighted by atomic mass is 32.2. The van der Waals surface area contributed by atoms with Gasteiger partial charge in [0.05, 0.1) is 18.5 Å². The summed E-state index contributed by atoms with van der Waals surface area (Å²) in [5, 5.41) is 12.3. The number of ether oxygens (including phenoxy) is 1. The third kappa shape index (κ3) is 5.11. The van der Waals surface area contributed by atoms with Crippen molar-refractivity contribution in [1.82, 2.24) is 20.1 Å². The number of nitrogens with zero attached hydrogens (tertiary/aromatic N) is 4. The predicted molar refractivity (Wildman–Crippen MR) is 96.5 cm³/mol. The molecule has 1 unspecified atom stereocenters. The summed E-state index contributed by atoms with van der Waals surface area (Å²) >= 11 is 1.47. The van der Waals surface area contributed by atoms with Crippen molar-refractivity contribution in [3.05, 3.63) is 0 Å². The lowest BCUT2D eigenvalue weighted by Gasteiger charge is -2.28. The Labute approximate surface area is 148 Å². The van der Waals surface area contributed by atoms with Crippen molar-refractivity contribution in [3.8, 4) is 0 Å². The van der Waals surface area contributed by atoms with Gasteiger partial charge in [0.15, 0.2) is 5.16 Å². The molecule has 24 heavy (non-hydrogen) atoms. The number of aromatic nitrogens is 3. The number of carbonyl (C=O) groups is 1. The van der Waals surface area contributed by atoms with Crippen LogP contribution >= 0.6 is 11.8 Å². The molecular weight excluding hydrogens is 326 g/mol. The fourth-order valence-corrected chi connectivity index (χ4v) is 3.37. The summed E-state index contributed by atoms with van der Waals surface area (Å²) in [5.74, 6) is 1.41. The summed E-state index contributed by atoms with van der Waals surface area (Å²) in [6, 6.07) is 0. The van der Waals surface area contributed by atoms with E-state index in [1.807, 2.05) is 13.8 Å². The molecule has 1 aliphatic rings. The van der Waals surface area contributed by atoms with Crippen LogP contribution in [-0.2, 0) is 16.1 Å². The largest absolute Gasteiger partial charge is 0.378 e. The molecular formula is C16H29N5O2S. The summed E-state index contributed by atoms with van der Waals surface area (Å²) in [6.07, 6.45) is 0.938. The van der Waals surface area contributed by atoms with Crippen LogP contribution < -0.4 is 10.2 Å². The lowest BCUT2D eigenvalue weighted by molar-refractivity contribution is -0.120. The molecule has 1 fully saturated rings. The van der Waals surface area contributed by atoms with E-state index in [0.717, 1.165) is 37.2 Å². The van der Waals surface area contributed by atoms with Crippen LogP contribution in [0.1, 0.15) is 34.1 Å². The first-order valence-electron chi connectivity index (χ1n) is 8.73. The van der Waals surface area contributed by atoms with E-state index in [0.29, 0.717) is 25.7 Å². The van der Waals surface area contributed by atoms with Crippen molar-refractivity contribution in [2.75, 3.05) is 37.7 Å². The number of amides is 1. The molecule has 1 atom stereocenters. The fourth-order valence-electron chi connectivity index (χ4n) is 2.49. The highest BCUT2D eigenvalue weighted by Crippen LogP contribution is 2.27. The summed E-state index contributed by atoms with van der Waals surface area (Å²) < 4.78 is 7.57. The maximum atomic E-state index is 12.1. The molecule has 1 N–H and O–H groups in total. The van der Waals surface area contributed by atoms with Crippen LogP contribution in [0, 0.1) is 5.92 Å². The molecule has 0 aromatic carbocycles. The maximum absolute atomic E-state index is 12.1. The molecule has 0 saturated carbocycles. The zero-order chi connectivity index (χ0) is 17.5. The first kappa shape index (κ1) is 19.1. The van der Waals surface area contributed by atoms with Gasteiger partial charge in [-0.1, -0.05) is 32.5 Å². The second kappa shape index (κ2) is 9.27. The molecule has 0 radical (unpaired) electrons. The number of carbonyl (C=O) groups excluding carboxylic acids is 1. The smallest absolute Gasteiger partial charge is 0.233 e. The molecule has 8 heteroatoms. The molecule has 136 valence electrons. The molecule has 0 spiro atoms. The zero-order valence-electron chi connectivity index (χ0n) is 15.1. The van der Waals surface area contributed by atoms with Crippen molar-refractivity contribution >= 4 is 23.6 Å². The van der Waals surface area contributed by atoms with Crippen LogP contribution in [0.5, 0.6) is 0 Å². The second-order valence-corrected chi connectivity index (χ2v) is 7.75. The molecule has 1 aromatic heterocycles. The van der Waals surface area contributed by atoms with Crippen molar-refractivity contribution < 1.29 is 9.53 Å². The van der Waals surface area contributed by atoms with Gasteiger partial charge in [-0.05, 0) is 19.3 Å². The normalized spacial score (nSPS) is 16.5. The molecule has 7 nitrogen and oxygen atoms in total. The van der Waals surface area contributed by atoms with Gasteiger partial charge in [0.2, 0.25) is 11.9 Å². The minimum atomic E-state index is -0.191. The van der Waals surface area contributed by atoms with E-state index in [4.69, 9.17) is 4.74 Å². The van der Waals surface area contributed by atoms with Gasteiger partial charge in [0.1, 0.15) is 0 Å². The van der Waals surface area contributed by atoms with Crippen LogP contribution in [-0.4, -0.2) is 58.8 Å². The molecule has 1 saturated heterocycles. The lowest BCUT2D eigenvalue weighted by Crippen LogP contribution is -2.38. The minimum Gasteiger partial charge on any atom is -0.378 e. The van der Waals surface area contributed by atoms with E-state index in [1.54, 1.807) is 0 Å².